The molecule has 0 saturated carbocycles. The van der Waals surface area contributed by atoms with Gasteiger partial charge in [-0.15, -0.1) is 0 Å². The molecule has 1 aliphatic heterocycles. The molecule has 0 aliphatic carbocycles. The van der Waals surface area contributed by atoms with Gasteiger partial charge in [0.15, 0.2) is 0 Å². The minimum Gasteiger partial charge on any atom is -0.461 e. The SMILES string of the molecule is CCOC(=O)C1=CN(C)CN1C(C)c1ccccc1. The van der Waals surface area contributed by atoms with Crippen LogP contribution in [0.15, 0.2) is 42.2 Å². The molecule has 4 heteroatoms. The molecule has 1 aromatic carbocycles. The van der Waals surface area contributed by atoms with Crippen molar-refractivity contribution in [3.63, 3.8) is 0 Å². The lowest BCUT2D eigenvalue weighted by atomic mass is 10.1. The molecule has 0 spiro atoms. The Hall–Kier alpha value is -1.97. The highest BCUT2D eigenvalue weighted by molar-refractivity contribution is 5.88. The van der Waals surface area contributed by atoms with Gasteiger partial charge in [-0.25, -0.2) is 4.79 Å². The minimum absolute atomic E-state index is 0.141. The third-order valence-corrected chi connectivity index (χ3v) is 3.26. The van der Waals surface area contributed by atoms with Crippen molar-refractivity contribution >= 4 is 5.97 Å². The quantitative estimate of drug-likeness (QED) is 0.778. The lowest BCUT2D eigenvalue weighted by Crippen LogP contribution is -2.31. The van der Waals surface area contributed by atoms with Gasteiger partial charge in [0.05, 0.1) is 19.3 Å². The normalized spacial score (nSPS) is 16.3. The van der Waals surface area contributed by atoms with E-state index in [1.54, 1.807) is 0 Å². The summed E-state index contributed by atoms with van der Waals surface area (Å²) in [7, 11) is 1.96. The Balaban J connectivity index is 2.19. The molecule has 1 heterocycles. The van der Waals surface area contributed by atoms with Crippen molar-refractivity contribution in [2.75, 3.05) is 20.3 Å². The second-order valence-corrected chi connectivity index (χ2v) is 4.69. The molecular formula is C15H20N2O2. The maximum atomic E-state index is 12.0. The predicted molar refractivity (Wildman–Crippen MR) is 74.0 cm³/mol. The predicted octanol–water partition coefficient (Wildman–Crippen LogP) is 2.36. The molecule has 1 aromatic rings. The Bertz CT molecular complexity index is 470. The standard InChI is InChI=1S/C15H20N2O2/c1-4-19-15(18)14-10-16(3)11-17(14)12(2)13-8-6-5-7-9-13/h5-10,12H,4,11H2,1-3H3. The summed E-state index contributed by atoms with van der Waals surface area (Å²) in [6.45, 7) is 5.02. The molecule has 0 aromatic heterocycles. The number of rotatable bonds is 4. The highest BCUT2D eigenvalue weighted by Crippen LogP contribution is 2.28. The molecule has 0 amide bonds. The molecule has 1 aliphatic rings. The second-order valence-electron chi connectivity index (χ2n) is 4.69. The first-order valence-corrected chi connectivity index (χ1v) is 6.54. The molecular weight excluding hydrogens is 240 g/mol. The van der Waals surface area contributed by atoms with Gasteiger partial charge in [0.1, 0.15) is 5.70 Å². The van der Waals surface area contributed by atoms with Crippen LogP contribution in [0.1, 0.15) is 25.5 Å². The van der Waals surface area contributed by atoms with Crippen LogP contribution < -0.4 is 0 Å². The average molecular weight is 260 g/mol. The number of hydrogen-bond acceptors (Lipinski definition) is 4. The van der Waals surface area contributed by atoms with E-state index in [1.165, 1.54) is 5.56 Å². The van der Waals surface area contributed by atoms with Gasteiger partial charge in [-0.3, -0.25) is 0 Å². The zero-order chi connectivity index (χ0) is 13.8. The van der Waals surface area contributed by atoms with E-state index in [9.17, 15) is 4.79 Å². The van der Waals surface area contributed by atoms with Crippen LogP contribution in [-0.2, 0) is 9.53 Å². The Morgan fingerprint density at radius 3 is 2.68 bits per heavy atom. The van der Waals surface area contributed by atoms with Crippen molar-refractivity contribution in [2.45, 2.75) is 19.9 Å². The van der Waals surface area contributed by atoms with Gasteiger partial charge in [0.25, 0.3) is 0 Å². The van der Waals surface area contributed by atoms with E-state index in [0.29, 0.717) is 19.0 Å². The fraction of sp³-hybridized carbons (Fsp3) is 0.400. The van der Waals surface area contributed by atoms with E-state index in [1.807, 2.05) is 43.3 Å². The molecule has 0 saturated heterocycles. The largest absolute Gasteiger partial charge is 0.461 e. The first kappa shape index (κ1) is 13.5. The smallest absolute Gasteiger partial charge is 0.356 e. The number of esters is 1. The van der Waals surface area contributed by atoms with Crippen LogP contribution in [-0.4, -0.2) is 36.1 Å². The first-order valence-electron chi connectivity index (χ1n) is 6.54. The third kappa shape index (κ3) is 2.89. The Labute approximate surface area is 114 Å². The molecule has 1 unspecified atom stereocenters. The summed E-state index contributed by atoms with van der Waals surface area (Å²) in [5.41, 5.74) is 1.81. The van der Waals surface area contributed by atoms with Gasteiger partial charge in [0.2, 0.25) is 0 Å². The number of ether oxygens (including phenoxy) is 1. The molecule has 1 atom stereocenters. The van der Waals surface area contributed by atoms with Crippen LogP contribution in [0.5, 0.6) is 0 Å². The van der Waals surface area contributed by atoms with Crippen molar-refractivity contribution in [3.8, 4) is 0 Å². The zero-order valence-corrected chi connectivity index (χ0v) is 11.7. The maximum Gasteiger partial charge on any atom is 0.356 e. The monoisotopic (exact) mass is 260 g/mol. The number of hydrogen-bond donors (Lipinski definition) is 0. The summed E-state index contributed by atoms with van der Waals surface area (Å²) in [6.07, 6.45) is 1.84. The van der Waals surface area contributed by atoms with Gasteiger partial charge in [-0.1, -0.05) is 30.3 Å². The summed E-state index contributed by atoms with van der Waals surface area (Å²) >= 11 is 0. The number of carbonyl (C=O) groups excluding carboxylic acids is 1. The minimum atomic E-state index is -0.255. The van der Waals surface area contributed by atoms with Crippen LogP contribution in [0.3, 0.4) is 0 Å². The van der Waals surface area contributed by atoms with Crippen molar-refractivity contribution in [2.24, 2.45) is 0 Å². The van der Waals surface area contributed by atoms with Gasteiger partial charge < -0.3 is 14.5 Å². The third-order valence-electron chi connectivity index (χ3n) is 3.26. The van der Waals surface area contributed by atoms with Crippen molar-refractivity contribution in [1.82, 2.24) is 9.80 Å². The molecule has 0 N–H and O–H groups in total. The lowest BCUT2D eigenvalue weighted by Gasteiger charge is -2.28. The molecule has 19 heavy (non-hydrogen) atoms. The number of carbonyl (C=O) groups is 1. The van der Waals surface area contributed by atoms with Gasteiger partial charge in [-0.2, -0.15) is 0 Å². The number of benzene rings is 1. The van der Waals surface area contributed by atoms with E-state index in [2.05, 4.69) is 24.0 Å². The fourth-order valence-corrected chi connectivity index (χ4v) is 2.26. The van der Waals surface area contributed by atoms with E-state index in [4.69, 9.17) is 4.74 Å². The topological polar surface area (TPSA) is 32.8 Å². The lowest BCUT2D eigenvalue weighted by molar-refractivity contribution is -0.140. The summed E-state index contributed by atoms with van der Waals surface area (Å²) in [6, 6.07) is 10.3. The Morgan fingerprint density at radius 2 is 2.05 bits per heavy atom. The molecule has 2 rings (SSSR count). The fourth-order valence-electron chi connectivity index (χ4n) is 2.26. The van der Waals surface area contributed by atoms with Crippen LogP contribution in [0, 0.1) is 0 Å². The molecule has 102 valence electrons. The number of nitrogens with zero attached hydrogens (tertiary/aromatic N) is 2. The highest BCUT2D eigenvalue weighted by atomic mass is 16.5. The molecule has 0 fully saturated rings. The molecule has 4 nitrogen and oxygen atoms in total. The summed E-state index contributed by atoms with van der Waals surface area (Å²) in [5, 5.41) is 0. The van der Waals surface area contributed by atoms with Crippen molar-refractivity contribution < 1.29 is 9.53 Å². The summed E-state index contributed by atoms with van der Waals surface area (Å²) in [4.78, 5) is 16.0. The molecule has 0 bridgehead atoms. The van der Waals surface area contributed by atoms with Crippen molar-refractivity contribution in [3.05, 3.63) is 47.8 Å². The van der Waals surface area contributed by atoms with E-state index in [-0.39, 0.29) is 12.0 Å². The molecule has 0 radical (unpaired) electrons. The summed E-state index contributed by atoms with van der Waals surface area (Å²) < 4.78 is 5.11. The van der Waals surface area contributed by atoms with Gasteiger partial charge >= 0.3 is 5.97 Å². The van der Waals surface area contributed by atoms with Gasteiger partial charge in [-0.05, 0) is 19.4 Å². The maximum absolute atomic E-state index is 12.0. The highest BCUT2D eigenvalue weighted by Gasteiger charge is 2.29. The van der Waals surface area contributed by atoms with Crippen LogP contribution in [0.2, 0.25) is 0 Å². The van der Waals surface area contributed by atoms with Gasteiger partial charge in [0, 0.05) is 13.2 Å². The zero-order valence-electron chi connectivity index (χ0n) is 11.7. The van der Waals surface area contributed by atoms with E-state index < -0.39 is 0 Å². The van der Waals surface area contributed by atoms with Crippen LogP contribution in [0.25, 0.3) is 0 Å². The first-order chi connectivity index (χ1) is 9.13. The van der Waals surface area contributed by atoms with Crippen molar-refractivity contribution in [1.29, 1.82) is 0 Å². The van der Waals surface area contributed by atoms with E-state index in [0.717, 1.165) is 0 Å². The average Bonchev–Trinajstić information content (AvgIpc) is 2.81. The Kier molecular flexibility index (Phi) is 4.10. The van der Waals surface area contributed by atoms with Crippen LogP contribution >= 0.6 is 0 Å². The Morgan fingerprint density at radius 1 is 1.37 bits per heavy atom. The second kappa shape index (κ2) is 5.78. The summed E-state index contributed by atoms with van der Waals surface area (Å²) in [5.74, 6) is -0.255. The van der Waals surface area contributed by atoms with Crippen LogP contribution in [0.4, 0.5) is 0 Å². The van der Waals surface area contributed by atoms with E-state index >= 15 is 0 Å².